The molecule has 1 aliphatic heterocycles. The SMILES string of the molecule is CC(C)NCc1cnc(-c2ccc3c(c2)OCCO3)s1. The number of aromatic nitrogens is 1. The average Bonchev–Trinajstić information content (AvgIpc) is 2.93. The monoisotopic (exact) mass is 290 g/mol. The first-order chi connectivity index (χ1) is 9.72. The van der Waals surface area contributed by atoms with Gasteiger partial charge in [0.05, 0.1) is 0 Å². The number of hydrogen-bond donors (Lipinski definition) is 1. The summed E-state index contributed by atoms with van der Waals surface area (Å²) < 4.78 is 11.1. The lowest BCUT2D eigenvalue weighted by Gasteiger charge is -2.18. The van der Waals surface area contributed by atoms with E-state index in [1.54, 1.807) is 11.3 Å². The van der Waals surface area contributed by atoms with Crippen LogP contribution in [0.4, 0.5) is 0 Å². The Balaban J connectivity index is 1.79. The Morgan fingerprint density at radius 2 is 2.05 bits per heavy atom. The highest BCUT2D eigenvalue weighted by Crippen LogP contribution is 2.35. The summed E-state index contributed by atoms with van der Waals surface area (Å²) in [4.78, 5) is 5.73. The molecule has 20 heavy (non-hydrogen) atoms. The van der Waals surface area contributed by atoms with E-state index in [2.05, 4.69) is 24.1 Å². The van der Waals surface area contributed by atoms with E-state index >= 15 is 0 Å². The van der Waals surface area contributed by atoms with Crippen molar-refractivity contribution < 1.29 is 9.47 Å². The lowest BCUT2D eigenvalue weighted by Crippen LogP contribution is -2.21. The predicted molar refractivity (Wildman–Crippen MR) is 80.5 cm³/mol. The van der Waals surface area contributed by atoms with E-state index < -0.39 is 0 Å². The number of benzene rings is 1. The van der Waals surface area contributed by atoms with Crippen molar-refractivity contribution in [1.29, 1.82) is 0 Å². The lowest BCUT2D eigenvalue weighted by molar-refractivity contribution is 0.171. The van der Waals surface area contributed by atoms with Gasteiger partial charge in [-0.1, -0.05) is 13.8 Å². The summed E-state index contributed by atoms with van der Waals surface area (Å²) in [7, 11) is 0. The van der Waals surface area contributed by atoms with Gasteiger partial charge < -0.3 is 14.8 Å². The molecule has 0 saturated carbocycles. The minimum absolute atomic E-state index is 0.481. The minimum Gasteiger partial charge on any atom is -0.486 e. The largest absolute Gasteiger partial charge is 0.486 e. The van der Waals surface area contributed by atoms with Gasteiger partial charge in [-0.15, -0.1) is 11.3 Å². The fourth-order valence-corrected chi connectivity index (χ4v) is 2.86. The molecule has 1 N–H and O–H groups in total. The van der Waals surface area contributed by atoms with Crippen molar-refractivity contribution in [3.05, 3.63) is 29.3 Å². The van der Waals surface area contributed by atoms with Gasteiger partial charge in [0.15, 0.2) is 11.5 Å². The quantitative estimate of drug-likeness (QED) is 0.939. The molecule has 4 nitrogen and oxygen atoms in total. The first-order valence-corrected chi connectivity index (χ1v) is 7.62. The van der Waals surface area contributed by atoms with E-state index in [1.165, 1.54) is 4.88 Å². The van der Waals surface area contributed by atoms with Gasteiger partial charge in [-0.2, -0.15) is 0 Å². The molecular weight excluding hydrogens is 272 g/mol. The topological polar surface area (TPSA) is 43.4 Å². The third-order valence-corrected chi connectivity index (χ3v) is 4.07. The summed E-state index contributed by atoms with van der Waals surface area (Å²) >= 11 is 1.71. The summed E-state index contributed by atoms with van der Waals surface area (Å²) in [5.41, 5.74) is 1.08. The maximum absolute atomic E-state index is 5.61. The van der Waals surface area contributed by atoms with Crippen LogP contribution in [0.1, 0.15) is 18.7 Å². The molecule has 2 heterocycles. The molecule has 2 aromatic rings. The van der Waals surface area contributed by atoms with E-state index in [0.717, 1.165) is 28.6 Å². The van der Waals surface area contributed by atoms with Gasteiger partial charge in [0.1, 0.15) is 18.2 Å². The van der Waals surface area contributed by atoms with Crippen LogP contribution < -0.4 is 14.8 Å². The van der Waals surface area contributed by atoms with Gasteiger partial charge in [-0.3, -0.25) is 0 Å². The molecule has 0 spiro atoms. The molecule has 0 fully saturated rings. The molecule has 0 bridgehead atoms. The third kappa shape index (κ3) is 2.94. The Bertz CT molecular complexity index is 595. The van der Waals surface area contributed by atoms with Gasteiger partial charge in [0, 0.05) is 29.2 Å². The van der Waals surface area contributed by atoms with Gasteiger partial charge in [-0.05, 0) is 18.2 Å². The Morgan fingerprint density at radius 1 is 1.25 bits per heavy atom. The normalized spacial score (nSPS) is 13.8. The Morgan fingerprint density at radius 3 is 2.85 bits per heavy atom. The van der Waals surface area contributed by atoms with Crippen molar-refractivity contribution in [1.82, 2.24) is 10.3 Å². The lowest BCUT2D eigenvalue weighted by atomic mass is 10.2. The summed E-state index contributed by atoms with van der Waals surface area (Å²) in [5.74, 6) is 1.63. The maximum atomic E-state index is 5.61. The summed E-state index contributed by atoms with van der Waals surface area (Å²) in [6.07, 6.45) is 1.94. The summed E-state index contributed by atoms with van der Waals surface area (Å²) in [6.45, 7) is 6.37. The summed E-state index contributed by atoms with van der Waals surface area (Å²) in [5, 5.41) is 4.42. The number of thiazole rings is 1. The molecular formula is C15H18N2O2S. The van der Waals surface area contributed by atoms with Crippen LogP contribution in [0.2, 0.25) is 0 Å². The molecule has 1 aromatic carbocycles. The maximum Gasteiger partial charge on any atom is 0.162 e. The zero-order valence-corrected chi connectivity index (χ0v) is 12.5. The molecule has 0 amide bonds. The first-order valence-electron chi connectivity index (χ1n) is 6.80. The van der Waals surface area contributed by atoms with Gasteiger partial charge in [-0.25, -0.2) is 4.98 Å². The van der Waals surface area contributed by atoms with E-state index in [9.17, 15) is 0 Å². The molecule has 1 aliphatic rings. The third-order valence-electron chi connectivity index (χ3n) is 3.03. The van der Waals surface area contributed by atoms with Crippen LogP contribution in [-0.4, -0.2) is 24.2 Å². The second kappa shape index (κ2) is 5.81. The summed E-state index contributed by atoms with van der Waals surface area (Å²) in [6, 6.07) is 6.48. The van der Waals surface area contributed by atoms with Crippen molar-refractivity contribution in [2.45, 2.75) is 26.4 Å². The second-order valence-electron chi connectivity index (χ2n) is 5.03. The molecule has 3 rings (SSSR count). The fraction of sp³-hybridized carbons (Fsp3) is 0.400. The van der Waals surface area contributed by atoms with Crippen LogP contribution in [0.25, 0.3) is 10.6 Å². The Labute approximate surface area is 122 Å². The molecule has 0 atom stereocenters. The molecule has 5 heteroatoms. The van der Waals surface area contributed by atoms with E-state index in [0.29, 0.717) is 19.3 Å². The van der Waals surface area contributed by atoms with Crippen LogP contribution in [0.5, 0.6) is 11.5 Å². The van der Waals surface area contributed by atoms with Crippen LogP contribution >= 0.6 is 11.3 Å². The molecule has 0 aliphatic carbocycles. The highest BCUT2D eigenvalue weighted by atomic mass is 32.1. The van der Waals surface area contributed by atoms with Crippen LogP contribution in [-0.2, 0) is 6.54 Å². The average molecular weight is 290 g/mol. The first kappa shape index (κ1) is 13.4. The number of fused-ring (bicyclic) bond motifs is 1. The smallest absolute Gasteiger partial charge is 0.162 e. The van der Waals surface area contributed by atoms with E-state index in [4.69, 9.17) is 9.47 Å². The van der Waals surface area contributed by atoms with Gasteiger partial charge in [0.2, 0.25) is 0 Å². The molecule has 0 unspecified atom stereocenters. The predicted octanol–water partition coefficient (Wildman–Crippen LogP) is 3.08. The van der Waals surface area contributed by atoms with Crippen molar-refractivity contribution in [3.63, 3.8) is 0 Å². The van der Waals surface area contributed by atoms with Crippen molar-refractivity contribution >= 4 is 11.3 Å². The number of nitrogens with zero attached hydrogens (tertiary/aromatic N) is 1. The number of nitrogens with one attached hydrogen (secondary N) is 1. The number of rotatable bonds is 4. The molecule has 0 saturated heterocycles. The number of ether oxygens (including phenoxy) is 2. The highest BCUT2D eigenvalue weighted by Gasteiger charge is 2.14. The van der Waals surface area contributed by atoms with Crippen molar-refractivity contribution in [2.75, 3.05) is 13.2 Å². The van der Waals surface area contributed by atoms with Crippen molar-refractivity contribution in [2.24, 2.45) is 0 Å². The van der Waals surface area contributed by atoms with E-state index in [1.807, 2.05) is 24.4 Å². The van der Waals surface area contributed by atoms with Crippen LogP contribution in [0.3, 0.4) is 0 Å². The fourth-order valence-electron chi connectivity index (χ4n) is 2.00. The molecule has 1 aromatic heterocycles. The van der Waals surface area contributed by atoms with Crippen LogP contribution in [0.15, 0.2) is 24.4 Å². The zero-order chi connectivity index (χ0) is 13.9. The van der Waals surface area contributed by atoms with Gasteiger partial charge >= 0.3 is 0 Å². The Hall–Kier alpha value is -1.59. The Kier molecular flexibility index (Phi) is 3.89. The zero-order valence-electron chi connectivity index (χ0n) is 11.7. The molecule has 0 radical (unpaired) electrons. The second-order valence-corrected chi connectivity index (χ2v) is 6.14. The van der Waals surface area contributed by atoms with Gasteiger partial charge in [0.25, 0.3) is 0 Å². The number of hydrogen-bond acceptors (Lipinski definition) is 5. The standard InChI is InChI=1S/C15H18N2O2S/c1-10(2)16-8-12-9-17-15(20-12)11-3-4-13-14(7-11)19-6-5-18-13/h3-4,7,9-10,16H,5-6,8H2,1-2H3. The highest BCUT2D eigenvalue weighted by molar-refractivity contribution is 7.15. The van der Waals surface area contributed by atoms with E-state index in [-0.39, 0.29) is 0 Å². The minimum atomic E-state index is 0.481. The van der Waals surface area contributed by atoms with Crippen LogP contribution in [0, 0.1) is 0 Å². The molecule has 106 valence electrons. The van der Waals surface area contributed by atoms with Crippen molar-refractivity contribution in [3.8, 4) is 22.1 Å².